The molecule has 0 spiro atoms. The summed E-state index contributed by atoms with van der Waals surface area (Å²) in [6.45, 7) is 1.63. The first-order chi connectivity index (χ1) is 15.4. The second-order valence-electron chi connectivity index (χ2n) is 7.21. The minimum Gasteiger partial charge on any atom is -0.287 e. The van der Waals surface area contributed by atoms with Gasteiger partial charge in [0.25, 0.3) is 0 Å². The summed E-state index contributed by atoms with van der Waals surface area (Å²) in [5.74, 6) is 2.33. The van der Waals surface area contributed by atoms with E-state index in [1.54, 1.807) is 48.0 Å². The number of terminal acetylenes is 1. The molecule has 7 nitrogen and oxygen atoms in total. The minimum atomic E-state index is -3.58. The van der Waals surface area contributed by atoms with Crippen LogP contribution in [0.4, 0.5) is 5.69 Å². The van der Waals surface area contributed by atoms with Gasteiger partial charge in [0.15, 0.2) is 5.65 Å². The maximum absolute atomic E-state index is 12.8. The Hall–Kier alpha value is -3.48. The van der Waals surface area contributed by atoms with Crippen LogP contribution in [0.25, 0.3) is 16.9 Å². The number of ketones is 1. The highest BCUT2D eigenvalue weighted by molar-refractivity contribution is 7.93. The number of benzene rings is 1. The third-order valence-electron chi connectivity index (χ3n) is 5.03. The predicted octanol–water partition coefficient (Wildman–Crippen LogP) is 4.23. The van der Waals surface area contributed by atoms with Crippen molar-refractivity contribution in [1.29, 1.82) is 0 Å². The van der Waals surface area contributed by atoms with Gasteiger partial charge in [-0.25, -0.2) is 17.9 Å². The summed E-state index contributed by atoms with van der Waals surface area (Å²) in [5.41, 5.74) is 2.69. The number of carbonyl (C=O) groups excluding carboxylic acids is 1. The van der Waals surface area contributed by atoms with E-state index in [9.17, 15) is 13.2 Å². The quantitative estimate of drug-likeness (QED) is 0.311. The van der Waals surface area contributed by atoms with Gasteiger partial charge < -0.3 is 0 Å². The van der Waals surface area contributed by atoms with Crippen molar-refractivity contribution < 1.29 is 13.2 Å². The van der Waals surface area contributed by atoms with Crippen molar-refractivity contribution in [3.63, 3.8) is 0 Å². The molecular weight excluding hydrogens is 444 g/mol. The molecule has 3 heterocycles. The Labute approximate surface area is 190 Å². The average molecular weight is 465 g/mol. The Morgan fingerprint density at radius 2 is 2.12 bits per heavy atom. The molecule has 162 valence electrons. The predicted molar refractivity (Wildman–Crippen MR) is 126 cm³/mol. The molecule has 0 saturated carbocycles. The Morgan fingerprint density at radius 1 is 1.28 bits per heavy atom. The van der Waals surface area contributed by atoms with Crippen LogP contribution in [0.5, 0.6) is 0 Å². The number of carbonyl (C=O) groups is 1. The summed E-state index contributed by atoms with van der Waals surface area (Å²) in [4.78, 5) is 17.8. The number of thiophene rings is 1. The molecule has 1 unspecified atom stereocenters. The monoisotopic (exact) mass is 464 g/mol. The van der Waals surface area contributed by atoms with Gasteiger partial charge >= 0.3 is 0 Å². The molecule has 0 aliphatic carbocycles. The fourth-order valence-corrected chi connectivity index (χ4v) is 5.02. The maximum atomic E-state index is 12.8. The number of nitrogens with zero attached hydrogens (tertiary/aromatic N) is 3. The fraction of sp³-hybridized carbons (Fsp3) is 0.174. The van der Waals surface area contributed by atoms with Crippen molar-refractivity contribution in [3.8, 4) is 23.6 Å². The van der Waals surface area contributed by atoms with Crippen LogP contribution in [0.2, 0.25) is 0 Å². The standard InChI is InChI=1S/C23H20N4O3S2/c1-3-4-7-16(2)32(29,30)26-18-9-5-8-17(14-18)20-11-12-24-23-19(15-25-27(20)23)22(28)21-10-6-13-31-21/h1,5-6,8-16,26H,4,7H2,2H3. The molecule has 9 heteroatoms. The summed E-state index contributed by atoms with van der Waals surface area (Å²) < 4.78 is 29.4. The molecule has 0 bridgehead atoms. The molecule has 0 aliphatic rings. The van der Waals surface area contributed by atoms with Crippen LogP contribution < -0.4 is 4.72 Å². The van der Waals surface area contributed by atoms with E-state index in [1.807, 2.05) is 17.5 Å². The third-order valence-corrected chi connectivity index (χ3v) is 7.72. The highest BCUT2D eigenvalue weighted by Crippen LogP contribution is 2.26. The lowest BCUT2D eigenvalue weighted by atomic mass is 10.1. The molecule has 1 atom stereocenters. The first-order valence-corrected chi connectivity index (χ1v) is 12.3. The van der Waals surface area contributed by atoms with Crippen LogP contribution in [-0.4, -0.2) is 34.0 Å². The Morgan fingerprint density at radius 3 is 2.88 bits per heavy atom. The summed E-state index contributed by atoms with van der Waals surface area (Å²) in [7, 11) is -3.58. The summed E-state index contributed by atoms with van der Waals surface area (Å²) in [6, 6.07) is 12.4. The molecular formula is C23H20N4O3S2. The number of hydrogen-bond acceptors (Lipinski definition) is 6. The SMILES string of the molecule is C#CCCC(C)S(=O)(=O)Nc1cccc(-c2ccnc3c(C(=O)c4cccs4)cnn23)c1. The summed E-state index contributed by atoms with van der Waals surface area (Å²) in [5, 5.41) is 5.60. The van der Waals surface area contributed by atoms with Crippen LogP contribution in [0.1, 0.15) is 35.0 Å². The normalized spacial score (nSPS) is 12.4. The van der Waals surface area contributed by atoms with E-state index in [2.05, 4.69) is 20.7 Å². The van der Waals surface area contributed by atoms with Crippen molar-refractivity contribution in [3.05, 3.63) is 70.7 Å². The molecule has 4 rings (SSSR count). The van der Waals surface area contributed by atoms with E-state index >= 15 is 0 Å². The second-order valence-corrected chi connectivity index (χ2v) is 10.3. The summed E-state index contributed by atoms with van der Waals surface area (Å²) in [6.07, 6.45) is 9.14. The number of rotatable bonds is 8. The van der Waals surface area contributed by atoms with Gasteiger partial charge in [-0.15, -0.1) is 23.7 Å². The van der Waals surface area contributed by atoms with Crippen LogP contribution in [0, 0.1) is 12.3 Å². The van der Waals surface area contributed by atoms with Gasteiger partial charge in [0.05, 0.1) is 27.6 Å². The Bertz CT molecular complexity index is 1420. The molecule has 0 aliphatic heterocycles. The molecule has 0 radical (unpaired) electrons. The van der Waals surface area contributed by atoms with Crippen LogP contribution in [0.15, 0.2) is 60.2 Å². The average Bonchev–Trinajstić information content (AvgIpc) is 3.47. The lowest BCUT2D eigenvalue weighted by Crippen LogP contribution is -2.25. The smallest absolute Gasteiger partial charge is 0.235 e. The van der Waals surface area contributed by atoms with Gasteiger partial charge in [0, 0.05) is 23.9 Å². The van der Waals surface area contributed by atoms with Crippen molar-refractivity contribution in [2.45, 2.75) is 25.0 Å². The Kier molecular flexibility index (Phi) is 6.08. The number of nitrogens with one attached hydrogen (secondary N) is 1. The van der Waals surface area contributed by atoms with E-state index in [0.29, 0.717) is 40.3 Å². The molecule has 1 N–H and O–H groups in total. The zero-order valence-electron chi connectivity index (χ0n) is 17.2. The van der Waals surface area contributed by atoms with E-state index in [-0.39, 0.29) is 5.78 Å². The first kappa shape index (κ1) is 21.7. The third kappa shape index (κ3) is 4.28. The minimum absolute atomic E-state index is 0.137. The van der Waals surface area contributed by atoms with Crippen LogP contribution in [0.3, 0.4) is 0 Å². The lowest BCUT2D eigenvalue weighted by molar-refractivity contribution is 0.104. The topological polar surface area (TPSA) is 93.4 Å². The number of hydrogen-bond donors (Lipinski definition) is 1. The van der Waals surface area contributed by atoms with Crippen molar-refractivity contribution in [2.75, 3.05) is 4.72 Å². The van der Waals surface area contributed by atoms with Gasteiger partial charge in [0.2, 0.25) is 15.8 Å². The lowest BCUT2D eigenvalue weighted by Gasteiger charge is -2.14. The number of anilines is 1. The van der Waals surface area contributed by atoms with Crippen LogP contribution in [-0.2, 0) is 10.0 Å². The second kappa shape index (κ2) is 8.94. The molecule has 1 aromatic carbocycles. The molecule has 4 aromatic rings. The van der Waals surface area contributed by atoms with E-state index in [0.717, 1.165) is 5.56 Å². The van der Waals surface area contributed by atoms with Gasteiger partial charge in [0.1, 0.15) is 0 Å². The largest absolute Gasteiger partial charge is 0.287 e. The highest BCUT2D eigenvalue weighted by Gasteiger charge is 2.21. The van der Waals surface area contributed by atoms with Gasteiger partial charge in [-0.3, -0.25) is 9.52 Å². The van der Waals surface area contributed by atoms with E-state index in [4.69, 9.17) is 6.42 Å². The number of sulfonamides is 1. The summed E-state index contributed by atoms with van der Waals surface area (Å²) >= 11 is 1.36. The van der Waals surface area contributed by atoms with Gasteiger partial charge in [-0.05, 0) is 43.0 Å². The van der Waals surface area contributed by atoms with Crippen molar-refractivity contribution >= 4 is 38.5 Å². The molecule has 0 saturated heterocycles. The van der Waals surface area contributed by atoms with Crippen molar-refractivity contribution in [2.24, 2.45) is 0 Å². The molecule has 3 aromatic heterocycles. The molecule has 32 heavy (non-hydrogen) atoms. The van der Waals surface area contributed by atoms with Crippen LogP contribution >= 0.6 is 11.3 Å². The number of aromatic nitrogens is 3. The van der Waals surface area contributed by atoms with Gasteiger partial charge in [-0.2, -0.15) is 5.10 Å². The highest BCUT2D eigenvalue weighted by atomic mass is 32.2. The molecule has 0 amide bonds. The Balaban J connectivity index is 1.67. The maximum Gasteiger partial charge on any atom is 0.235 e. The first-order valence-electron chi connectivity index (χ1n) is 9.87. The van der Waals surface area contributed by atoms with E-state index in [1.165, 1.54) is 17.5 Å². The van der Waals surface area contributed by atoms with Crippen molar-refractivity contribution in [1.82, 2.24) is 14.6 Å². The number of fused-ring (bicyclic) bond motifs is 1. The molecule has 0 fully saturated rings. The zero-order chi connectivity index (χ0) is 22.7. The van der Waals surface area contributed by atoms with E-state index < -0.39 is 15.3 Å². The fourth-order valence-electron chi connectivity index (χ4n) is 3.26. The van der Waals surface area contributed by atoms with Gasteiger partial charge in [-0.1, -0.05) is 18.2 Å². The zero-order valence-corrected chi connectivity index (χ0v) is 18.9.